The summed E-state index contributed by atoms with van der Waals surface area (Å²) in [6, 6.07) is 6.42. The zero-order valence-electron chi connectivity index (χ0n) is 11.4. The highest BCUT2D eigenvalue weighted by molar-refractivity contribution is 5.27. The maximum absolute atomic E-state index is 5.60. The van der Waals surface area contributed by atoms with Crippen LogP contribution in [0.4, 0.5) is 0 Å². The van der Waals surface area contributed by atoms with Crippen LogP contribution in [0.15, 0.2) is 28.8 Å². The minimum atomic E-state index is 0.246. The molecule has 96 valence electrons. The van der Waals surface area contributed by atoms with E-state index in [1.54, 1.807) is 0 Å². The molecule has 0 fully saturated rings. The van der Waals surface area contributed by atoms with Gasteiger partial charge in [-0.15, -0.1) is 0 Å². The number of nitrogens with one attached hydrogen (secondary N) is 1. The number of pyridine rings is 1. The molecule has 0 radical (unpaired) electrons. The lowest BCUT2D eigenvalue weighted by Crippen LogP contribution is -2.20. The van der Waals surface area contributed by atoms with Crippen molar-refractivity contribution in [3.05, 3.63) is 52.7 Å². The van der Waals surface area contributed by atoms with Gasteiger partial charge in [0.15, 0.2) is 0 Å². The number of likely N-dealkylation sites (N-methyl/N-ethyl adjacent to an activating group) is 1. The van der Waals surface area contributed by atoms with Crippen LogP contribution < -0.4 is 5.32 Å². The maximum atomic E-state index is 5.60. The molecule has 2 aromatic heterocycles. The summed E-state index contributed by atoms with van der Waals surface area (Å²) in [6.07, 6.45) is 2.73. The minimum Gasteiger partial charge on any atom is -0.466 e. The molecule has 18 heavy (non-hydrogen) atoms. The van der Waals surface area contributed by atoms with Crippen molar-refractivity contribution in [3.8, 4) is 0 Å². The monoisotopic (exact) mass is 244 g/mol. The van der Waals surface area contributed by atoms with E-state index in [1.807, 2.05) is 33.2 Å². The molecule has 0 aliphatic heterocycles. The first kappa shape index (κ1) is 12.8. The van der Waals surface area contributed by atoms with E-state index in [0.29, 0.717) is 0 Å². The van der Waals surface area contributed by atoms with E-state index >= 15 is 0 Å². The van der Waals surface area contributed by atoms with Gasteiger partial charge >= 0.3 is 0 Å². The van der Waals surface area contributed by atoms with Gasteiger partial charge in [0.1, 0.15) is 11.5 Å². The van der Waals surface area contributed by atoms with Crippen molar-refractivity contribution in [2.75, 3.05) is 7.05 Å². The molecule has 0 aliphatic carbocycles. The van der Waals surface area contributed by atoms with Crippen LogP contribution in [0.5, 0.6) is 0 Å². The summed E-state index contributed by atoms with van der Waals surface area (Å²) in [5, 5.41) is 3.35. The summed E-state index contributed by atoms with van der Waals surface area (Å²) in [5.74, 6) is 1.95. The minimum absolute atomic E-state index is 0.246. The molecule has 0 saturated heterocycles. The van der Waals surface area contributed by atoms with Gasteiger partial charge in [-0.3, -0.25) is 4.98 Å². The number of nitrogens with zero attached hydrogens (tertiary/aromatic N) is 1. The van der Waals surface area contributed by atoms with Gasteiger partial charge in [-0.25, -0.2) is 0 Å². The average Bonchev–Trinajstić information content (AvgIpc) is 2.67. The lowest BCUT2D eigenvalue weighted by Gasteiger charge is -2.16. The number of aryl methyl sites for hydroxylation is 3. The van der Waals surface area contributed by atoms with E-state index in [4.69, 9.17) is 4.42 Å². The molecule has 0 saturated carbocycles. The summed E-state index contributed by atoms with van der Waals surface area (Å²) in [5.41, 5.74) is 3.59. The summed E-state index contributed by atoms with van der Waals surface area (Å²) in [7, 11) is 1.98. The van der Waals surface area contributed by atoms with E-state index in [2.05, 4.69) is 29.4 Å². The molecule has 3 heteroatoms. The van der Waals surface area contributed by atoms with Crippen LogP contribution in [0.2, 0.25) is 0 Å². The van der Waals surface area contributed by atoms with E-state index in [-0.39, 0.29) is 6.04 Å². The molecular formula is C15H20N2O. The molecule has 2 aromatic rings. The fourth-order valence-electron chi connectivity index (χ4n) is 2.29. The van der Waals surface area contributed by atoms with Gasteiger partial charge in [0.2, 0.25) is 0 Å². The van der Waals surface area contributed by atoms with Gasteiger partial charge < -0.3 is 9.73 Å². The molecule has 2 rings (SSSR count). The van der Waals surface area contributed by atoms with E-state index in [0.717, 1.165) is 23.6 Å². The van der Waals surface area contributed by atoms with Crippen molar-refractivity contribution in [2.24, 2.45) is 0 Å². The highest BCUT2D eigenvalue weighted by Crippen LogP contribution is 2.24. The first-order valence-corrected chi connectivity index (χ1v) is 6.26. The first-order chi connectivity index (χ1) is 8.61. The van der Waals surface area contributed by atoms with Gasteiger partial charge in [-0.1, -0.05) is 6.07 Å². The van der Waals surface area contributed by atoms with Crippen molar-refractivity contribution in [1.29, 1.82) is 0 Å². The van der Waals surface area contributed by atoms with Crippen molar-refractivity contribution < 1.29 is 4.42 Å². The number of hydrogen-bond donors (Lipinski definition) is 1. The van der Waals surface area contributed by atoms with Crippen LogP contribution >= 0.6 is 0 Å². The molecule has 0 aromatic carbocycles. The lowest BCUT2D eigenvalue weighted by atomic mass is 10.00. The Hall–Kier alpha value is -1.61. The van der Waals surface area contributed by atoms with E-state index in [1.165, 1.54) is 11.1 Å². The van der Waals surface area contributed by atoms with Crippen LogP contribution in [0, 0.1) is 20.8 Å². The van der Waals surface area contributed by atoms with E-state index < -0.39 is 0 Å². The summed E-state index contributed by atoms with van der Waals surface area (Å²) < 4.78 is 5.60. The molecule has 1 unspecified atom stereocenters. The Balaban J connectivity index is 2.25. The Morgan fingerprint density at radius 3 is 2.67 bits per heavy atom. The number of hydrogen-bond acceptors (Lipinski definition) is 3. The van der Waals surface area contributed by atoms with Crippen LogP contribution in [0.25, 0.3) is 0 Å². The Morgan fingerprint density at radius 1 is 1.33 bits per heavy atom. The first-order valence-electron chi connectivity index (χ1n) is 6.26. The Morgan fingerprint density at radius 2 is 2.11 bits per heavy atom. The fraction of sp³-hybridized carbons (Fsp3) is 0.400. The maximum Gasteiger partial charge on any atom is 0.105 e. The lowest BCUT2D eigenvalue weighted by molar-refractivity contribution is 0.489. The topological polar surface area (TPSA) is 38.1 Å². The zero-order valence-corrected chi connectivity index (χ0v) is 11.4. The predicted molar refractivity (Wildman–Crippen MR) is 72.7 cm³/mol. The average molecular weight is 244 g/mol. The second kappa shape index (κ2) is 5.36. The molecule has 1 N–H and O–H groups in total. The third-order valence-corrected chi connectivity index (χ3v) is 3.32. The number of furan rings is 1. The third-order valence-electron chi connectivity index (χ3n) is 3.32. The van der Waals surface area contributed by atoms with Crippen molar-refractivity contribution in [1.82, 2.24) is 10.3 Å². The molecule has 2 heterocycles. The van der Waals surface area contributed by atoms with E-state index in [9.17, 15) is 0 Å². The van der Waals surface area contributed by atoms with Crippen LogP contribution in [-0.4, -0.2) is 12.0 Å². The SMILES string of the molecule is CNC(Cc1ncccc1C)c1cc(C)oc1C. The Labute approximate surface area is 108 Å². The standard InChI is InChI=1S/C15H20N2O/c1-10-6-5-7-17-14(10)9-15(16-4)13-8-11(2)18-12(13)3/h5-8,15-16H,9H2,1-4H3. The summed E-state index contributed by atoms with van der Waals surface area (Å²) in [4.78, 5) is 4.46. The van der Waals surface area contributed by atoms with Crippen LogP contribution in [0.3, 0.4) is 0 Å². The second-order valence-corrected chi connectivity index (χ2v) is 4.68. The smallest absolute Gasteiger partial charge is 0.105 e. The highest BCUT2D eigenvalue weighted by atomic mass is 16.3. The van der Waals surface area contributed by atoms with Crippen LogP contribution in [-0.2, 0) is 6.42 Å². The predicted octanol–water partition coefficient (Wildman–Crippen LogP) is 3.10. The van der Waals surface area contributed by atoms with Crippen molar-refractivity contribution in [3.63, 3.8) is 0 Å². The molecule has 3 nitrogen and oxygen atoms in total. The van der Waals surface area contributed by atoms with Gasteiger partial charge in [-0.05, 0) is 45.5 Å². The van der Waals surface area contributed by atoms with Gasteiger partial charge in [0.25, 0.3) is 0 Å². The summed E-state index contributed by atoms with van der Waals surface area (Å²) >= 11 is 0. The van der Waals surface area contributed by atoms with Crippen molar-refractivity contribution >= 4 is 0 Å². The molecular weight excluding hydrogens is 224 g/mol. The molecule has 0 aliphatic rings. The van der Waals surface area contributed by atoms with Gasteiger partial charge in [0, 0.05) is 29.9 Å². The van der Waals surface area contributed by atoms with Gasteiger partial charge in [0.05, 0.1) is 0 Å². The zero-order chi connectivity index (χ0) is 13.1. The summed E-state index contributed by atoms with van der Waals surface area (Å²) in [6.45, 7) is 6.09. The third kappa shape index (κ3) is 2.62. The van der Waals surface area contributed by atoms with Crippen LogP contribution in [0.1, 0.15) is 34.4 Å². The molecule has 0 bridgehead atoms. The number of aromatic nitrogens is 1. The van der Waals surface area contributed by atoms with Gasteiger partial charge in [-0.2, -0.15) is 0 Å². The quantitative estimate of drug-likeness (QED) is 0.898. The van der Waals surface area contributed by atoms with Crippen molar-refractivity contribution in [2.45, 2.75) is 33.2 Å². The Kier molecular flexibility index (Phi) is 3.82. The second-order valence-electron chi connectivity index (χ2n) is 4.68. The largest absolute Gasteiger partial charge is 0.466 e. The highest BCUT2D eigenvalue weighted by Gasteiger charge is 2.17. The Bertz CT molecular complexity index is 531. The number of rotatable bonds is 4. The molecule has 0 spiro atoms. The molecule has 0 amide bonds. The normalized spacial score (nSPS) is 12.7. The molecule has 1 atom stereocenters. The fourth-order valence-corrected chi connectivity index (χ4v) is 2.29.